The van der Waals surface area contributed by atoms with E-state index in [0.717, 1.165) is 17.8 Å². The summed E-state index contributed by atoms with van der Waals surface area (Å²) in [5.41, 5.74) is 0.176. The minimum absolute atomic E-state index is 0.119. The lowest BCUT2D eigenvalue weighted by atomic mass is 10.1. The molecule has 0 amide bonds. The molecule has 148 valence electrons. The smallest absolute Gasteiger partial charge is 0.283 e. The summed E-state index contributed by atoms with van der Waals surface area (Å²) in [6.45, 7) is 0. The maximum absolute atomic E-state index is 14.0. The van der Waals surface area contributed by atoms with Crippen molar-refractivity contribution in [1.29, 1.82) is 0 Å². The van der Waals surface area contributed by atoms with Crippen molar-refractivity contribution in [1.82, 2.24) is 14.8 Å². The van der Waals surface area contributed by atoms with Crippen molar-refractivity contribution in [3.8, 4) is 5.75 Å². The van der Waals surface area contributed by atoms with Crippen LogP contribution in [0.5, 0.6) is 5.75 Å². The summed E-state index contributed by atoms with van der Waals surface area (Å²) in [7, 11) is 3.13. The van der Waals surface area contributed by atoms with Crippen molar-refractivity contribution in [2.24, 2.45) is 7.05 Å². The fourth-order valence-electron chi connectivity index (χ4n) is 2.41. The standard InChI is InChI=1S/C19H15FN4O4S/c1-23-11-21-22-19(23)29-18-8-4-12(9-16(18)24(26)27)3-7-17(25)14-6-5-13(28-2)10-15(14)20/h3-11H,1-2H3. The van der Waals surface area contributed by atoms with Gasteiger partial charge in [-0.05, 0) is 41.6 Å². The van der Waals surface area contributed by atoms with Crippen LogP contribution in [0, 0.1) is 15.9 Å². The molecular formula is C19H15FN4O4S. The first-order chi connectivity index (χ1) is 13.9. The Bertz CT molecular complexity index is 1110. The predicted molar refractivity (Wildman–Crippen MR) is 105 cm³/mol. The number of benzene rings is 2. The van der Waals surface area contributed by atoms with Crippen LogP contribution in [-0.2, 0) is 7.05 Å². The van der Waals surface area contributed by atoms with Crippen molar-refractivity contribution < 1.29 is 18.8 Å². The maximum atomic E-state index is 14.0. The maximum Gasteiger partial charge on any atom is 0.283 e. The molecule has 0 aliphatic carbocycles. The summed E-state index contributed by atoms with van der Waals surface area (Å²) in [5, 5.41) is 19.6. The van der Waals surface area contributed by atoms with Crippen LogP contribution in [0.25, 0.3) is 6.08 Å². The van der Waals surface area contributed by atoms with Crippen LogP contribution in [0.15, 0.2) is 58.9 Å². The van der Waals surface area contributed by atoms with Crippen molar-refractivity contribution in [3.05, 3.63) is 75.9 Å². The fraction of sp³-hybridized carbons (Fsp3) is 0.105. The molecule has 0 atom stereocenters. The first kappa shape index (κ1) is 20.2. The highest BCUT2D eigenvalue weighted by Crippen LogP contribution is 2.34. The number of rotatable bonds is 7. The molecule has 0 spiro atoms. The van der Waals surface area contributed by atoms with Crippen LogP contribution in [0.1, 0.15) is 15.9 Å². The molecule has 29 heavy (non-hydrogen) atoms. The Morgan fingerprint density at radius 3 is 2.72 bits per heavy atom. The fourth-order valence-corrected chi connectivity index (χ4v) is 3.26. The van der Waals surface area contributed by atoms with E-state index in [1.54, 1.807) is 23.7 Å². The second kappa shape index (κ2) is 8.65. The Hall–Kier alpha value is -3.53. The zero-order valence-electron chi connectivity index (χ0n) is 15.4. The van der Waals surface area contributed by atoms with Gasteiger partial charge >= 0.3 is 0 Å². The molecule has 0 aliphatic heterocycles. The molecule has 3 rings (SSSR count). The zero-order valence-corrected chi connectivity index (χ0v) is 16.2. The van der Waals surface area contributed by atoms with Gasteiger partial charge in [0.25, 0.3) is 5.69 Å². The van der Waals surface area contributed by atoms with Crippen LogP contribution in [0.3, 0.4) is 0 Å². The van der Waals surface area contributed by atoms with Gasteiger partial charge in [0.1, 0.15) is 17.9 Å². The third-order valence-corrected chi connectivity index (χ3v) is 5.04. The molecular weight excluding hydrogens is 399 g/mol. The summed E-state index contributed by atoms with van der Waals surface area (Å²) in [5.74, 6) is -0.972. The molecule has 10 heteroatoms. The SMILES string of the molecule is COc1ccc(C(=O)C=Cc2ccc(Sc3nncn3C)c([N+](=O)[O-])c2)c(F)c1. The predicted octanol–water partition coefficient (Wildman–Crippen LogP) is 3.92. The lowest BCUT2D eigenvalue weighted by molar-refractivity contribution is -0.387. The van der Waals surface area contributed by atoms with Gasteiger partial charge in [0.05, 0.1) is 22.5 Å². The Balaban J connectivity index is 1.84. The molecule has 1 heterocycles. The second-order valence-corrected chi connectivity index (χ2v) is 6.86. The van der Waals surface area contributed by atoms with Crippen LogP contribution in [0.4, 0.5) is 10.1 Å². The molecule has 1 aromatic heterocycles. The molecule has 0 fully saturated rings. The number of nitrogens with zero attached hydrogens (tertiary/aromatic N) is 4. The van der Waals surface area contributed by atoms with Gasteiger partial charge in [-0.15, -0.1) is 10.2 Å². The molecule has 0 saturated heterocycles. The van der Waals surface area contributed by atoms with Gasteiger partial charge in [0, 0.05) is 19.2 Å². The lowest BCUT2D eigenvalue weighted by Crippen LogP contribution is -1.99. The molecule has 0 N–H and O–H groups in total. The Morgan fingerprint density at radius 1 is 1.31 bits per heavy atom. The first-order valence-electron chi connectivity index (χ1n) is 8.25. The van der Waals surface area contributed by atoms with E-state index in [0.29, 0.717) is 21.4 Å². The molecule has 0 aliphatic rings. The van der Waals surface area contributed by atoms with E-state index >= 15 is 0 Å². The van der Waals surface area contributed by atoms with Crippen molar-refractivity contribution in [2.45, 2.75) is 10.1 Å². The Kier molecular flexibility index (Phi) is 6.03. The number of hydrogen-bond donors (Lipinski definition) is 0. The van der Waals surface area contributed by atoms with Crippen LogP contribution in [-0.4, -0.2) is 32.6 Å². The van der Waals surface area contributed by atoms with Crippen molar-refractivity contribution in [2.75, 3.05) is 7.11 Å². The zero-order chi connectivity index (χ0) is 21.0. The molecule has 3 aromatic rings. The molecule has 0 saturated carbocycles. The summed E-state index contributed by atoms with van der Waals surface area (Å²) in [4.78, 5) is 23.6. The second-order valence-electron chi connectivity index (χ2n) is 5.85. The van der Waals surface area contributed by atoms with E-state index in [-0.39, 0.29) is 11.3 Å². The van der Waals surface area contributed by atoms with E-state index in [4.69, 9.17) is 4.74 Å². The minimum Gasteiger partial charge on any atom is -0.497 e. The van der Waals surface area contributed by atoms with Gasteiger partial charge in [0.2, 0.25) is 0 Å². The Labute approximate surface area is 169 Å². The topological polar surface area (TPSA) is 100 Å². The van der Waals surface area contributed by atoms with Crippen molar-refractivity contribution in [3.63, 3.8) is 0 Å². The average Bonchev–Trinajstić information content (AvgIpc) is 3.11. The number of nitro benzene ring substituents is 1. The van der Waals surface area contributed by atoms with E-state index in [9.17, 15) is 19.3 Å². The first-order valence-corrected chi connectivity index (χ1v) is 9.07. The quantitative estimate of drug-likeness (QED) is 0.250. The molecule has 0 unspecified atom stereocenters. The van der Waals surface area contributed by atoms with Crippen molar-refractivity contribution >= 4 is 29.3 Å². The number of hydrogen-bond acceptors (Lipinski definition) is 7. The van der Waals surface area contributed by atoms with Gasteiger partial charge in [-0.1, -0.05) is 12.1 Å². The number of aromatic nitrogens is 3. The highest BCUT2D eigenvalue weighted by Gasteiger charge is 2.17. The van der Waals surface area contributed by atoms with Gasteiger partial charge in [0.15, 0.2) is 10.9 Å². The highest BCUT2D eigenvalue weighted by atomic mass is 32.2. The number of allylic oxidation sites excluding steroid dienone is 1. The van der Waals surface area contributed by atoms with E-state index in [1.807, 2.05) is 0 Å². The van der Waals surface area contributed by atoms with Crippen LogP contribution >= 0.6 is 11.8 Å². The summed E-state index contributed by atoms with van der Waals surface area (Å²) in [6, 6.07) is 8.45. The highest BCUT2D eigenvalue weighted by molar-refractivity contribution is 7.99. The number of carbonyl (C=O) groups excluding carboxylic acids is 1. The third-order valence-electron chi connectivity index (χ3n) is 3.92. The normalized spacial score (nSPS) is 11.0. The molecule has 0 bridgehead atoms. The lowest BCUT2D eigenvalue weighted by Gasteiger charge is -2.04. The number of ketones is 1. The number of halogens is 1. The van der Waals surface area contributed by atoms with Gasteiger partial charge in [-0.2, -0.15) is 0 Å². The molecule has 8 nitrogen and oxygen atoms in total. The summed E-state index contributed by atoms with van der Waals surface area (Å²) < 4.78 is 20.6. The molecule has 2 aromatic carbocycles. The van der Waals surface area contributed by atoms with E-state index in [2.05, 4.69) is 10.2 Å². The Morgan fingerprint density at radius 2 is 2.10 bits per heavy atom. The number of nitro groups is 1. The number of carbonyl (C=O) groups is 1. The van der Waals surface area contributed by atoms with E-state index in [1.165, 1.54) is 43.8 Å². The summed E-state index contributed by atoms with van der Waals surface area (Å²) in [6.07, 6.45) is 4.06. The van der Waals surface area contributed by atoms with Gasteiger partial charge in [-0.3, -0.25) is 14.9 Å². The van der Waals surface area contributed by atoms with Gasteiger partial charge < -0.3 is 9.30 Å². The van der Waals surface area contributed by atoms with Gasteiger partial charge in [-0.25, -0.2) is 4.39 Å². The number of ether oxygens (including phenoxy) is 1. The summed E-state index contributed by atoms with van der Waals surface area (Å²) >= 11 is 1.11. The largest absolute Gasteiger partial charge is 0.497 e. The molecule has 0 radical (unpaired) electrons. The van der Waals surface area contributed by atoms with Crippen LogP contribution in [0.2, 0.25) is 0 Å². The number of aryl methyl sites for hydroxylation is 1. The number of methoxy groups -OCH3 is 1. The average molecular weight is 414 g/mol. The third kappa shape index (κ3) is 4.66. The minimum atomic E-state index is -0.708. The van der Waals surface area contributed by atoms with Crippen LogP contribution < -0.4 is 4.74 Å². The van der Waals surface area contributed by atoms with E-state index < -0.39 is 16.5 Å². The monoisotopic (exact) mass is 414 g/mol.